The molecule has 1 aliphatic heterocycles. The van der Waals surface area contributed by atoms with Crippen LogP contribution in [0, 0.1) is 6.92 Å². The summed E-state index contributed by atoms with van der Waals surface area (Å²) in [5.74, 6) is -1.80. The highest BCUT2D eigenvalue weighted by Gasteiger charge is 2.48. The molecular weight excluding hydrogens is 418 g/mol. The molecule has 3 aromatic rings. The number of phenols is 1. The second-order valence-electron chi connectivity index (χ2n) is 6.92. The second-order valence-corrected chi connectivity index (χ2v) is 7.73. The van der Waals surface area contributed by atoms with E-state index in [9.17, 15) is 19.8 Å². The van der Waals surface area contributed by atoms with Crippen LogP contribution in [0.5, 0.6) is 11.5 Å². The third-order valence-electron chi connectivity index (χ3n) is 4.92. The highest BCUT2D eigenvalue weighted by Crippen LogP contribution is 2.44. The van der Waals surface area contributed by atoms with Crippen molar-refractivity contribution in [2.45, 2.75) is 19.9 Å². The molecule has 0 bridgehead atoms. The number of hydrogen-bond acceptors (Lipinski definition) is 8. The van der Waals surface area contributed by atoms with Crippen LogP contribution >= 0.6 is 11.3 Å². The normalized spacial score (nSPS) is 17.9. The number of anilines is 1. The number of hydrogen-bond donors (Lipinski definition) is 2. The fraction of sp³-hybridized carbons (Fsp3) is 0.182. The lowest BCUT2D eigenvalue weighted by molar-refractivity contribution is -0.132. The fourth-order valence-corrected chi connectivity index (χ4v) is 4.04. The molecule has 2 heterocycles. The zero-order valence-corrected chi connectivity index (χ0v) is 17.6. The first-order chi connectivity index (χ1) is 14.9. The molecule has 1 amide bonds. The lowest BCUT2D eigenvalue weighted by atomic mass is 9.95. The molecule has 0 spiro atoms. The van der Waals surface area contributed by atoms with Crippen molar-refractivity contribution in [1.82, 2.24) is 10.2 Å². The third-order valence-corrected chi connectivity index (χ3v) is 5.61. The summed E-state index contributed by atoms with van der Waals surface area (Å²) in [6, 6.07) is 10.6. The number of Topliss-reactive ketones (excluding diaryl/α,β-unsaturated/α-hetero) is 1. The van der Waals surface area contributed by atoms with Gasteiger partial charge in [0.2, 0.25) is 5.13 Å². The van der Waals surface area contributed by atoms with Crippen LogP contribution in [-0.4, -0.2) is 38.7 Å². The zero-order chi connectivity index (χ0) is 22.1. The highest BCUT2D eigenvalue weighted by molar-refractivity contribution is 7.13. The second kappa shape index (κ2) is 8.19. The van der Waals surface area contributed by atoms with Crippen LogP contribution in [0.4, 0.5) is 5.13 Å². The number of carbonyl (C=O) groups excluding carboxylic acids is 2. The van der Waals surface area contributed by atoms with Gasteiger partial charge in [0.15, 0.2) is 11.5 Å². The maximum Gasteiger partial charge on any atom is 0.301 e. The van der Waals surface area contributed by atoms with Crippen molar-refractivity contribution in [1.29, 1.82) is 0 Å². The number of ketones is 1. The molecule has 0 unspecified atom stereocenters. The van der Waals surface area contributed by atoms with Gasteiger partial charge in [-0.15, -0.1) is 10.2 Å². The number of amides is 1. The number of aliphatic hydroxyl groups is 1. The van der Waals surface area contributed by atoms with Crippen LogP contribution in [0.25, 0.3) is 5.76 Å². The van der Waals surface area contributed by atoms with Crippen LogP contribution in [-0.2, 0) is 9.59 Å². The standard InChI is InChI=1S/C22H19N3O5S/c1-3-30-16-10-14(8-9-15(16)26)18-17(19(27)13-6-4-12(2)5-7-13)20(28)21(29)25(18)22-24-23-11-31-22/h4-11,18,26-27H,3H2,1-2H3/t18-/m1/s1. The number of phenolic OH excluding ortho intramolecular Hbond substituents is 1. The van der Waals surface area contributed by atoms with Gasteiger partial charge in [0, 0.05) is 5.56 Å². The van der Waals surface area contributed by atoms with Crippen LogP contribution in [0.1, 0.15) is 29.7 Å². The predicted molar refractivity (Wildman–Crippen MR) is 115 cm³/mol. The van der Waals surface area contributed by atoms with Crippen LogP contribution < -0.4 is 9.64 Å². The summed E-state index contributed by atoms with van der Waals surface area (Å²) < 4.78 is 5.47. The van der Waals surface area contributed by atoms with E-state index >= 15 is 0 Å². The first-order valence-electron chi connectivity index (χ1n) is 9.52. The van der Waals surface area contributed by atoms with Crippen LogP contribution in [0.2, 0.25) is 0 Å². The summed E-state index contributed by atoms with van der Waals surface area (Å²) in [5, 5.41) is 29.1. The largest absolute Gasteiger partial charge is 0.507 e. The van der Waals surface area contributed by atoms with Gasteiger partial charge in [-0.1, -0.05) is 47.2 Å². The topological polar surface area (TPSA) is 113 Å². The number of benzene rings is 2. The van der Waals surface area contributed by atoms with Gasteiger partial charge in [0.25, 0.3) is 5.78 Å². The van der Waals surface area contributed by atoms with Gasteiger partial charge in [-0.2, -0.15) is 0 Å². The Hall–Kier alpha value is -3.72. The van der Waals surface area contributed by atoms with Crippen LogP contribution in [0.15, 0.2) is 53.5 Å². The van der Waals surface area contributed by atoms with Gasteiger partial charge in [0.1, 0.15) is 11.3 Å². The number of nitrogens with zero attached hydrogens (tertiary/aromatic N) is 3. The predicted octanol–water partition coefficient (Wildman–Crippen LogP) is 3.58. The molecule has 0 radical (unpaired) electrons. The summed E-state index contributed by atoms with van der Waals surface area (Å²) >= 11 is 1.10. The fourth-order valence-electron chi connectivity index (χ4n) is 3.46. The Morgan fingerprint density at radius 3 is 2.58 bits per heavy atom. The van der Waals surface area contributed by atoms with Crippen molar-refractivity contribution in [3.63, 3.8) is 0 Å². The molecule has 0 saturated carbocycles. The van der Waals surface area contributed by atoms with Crippen molar-refractivity contribution in [3.05, 3.63) is 70.2 Å². The highest BCUT2D eigenvalue weighted by atomic mass is 32.1. The number of carbonyl (C=O) groups is 2. The Balaban J connectivity index is 1.94. The van der Waals surface area contributed by atoms with E-state index in [4.69, 9.17) is 4.74 Å². The van der Waals surface area contributed by atoms with Crippen molar-refractivity contribution in [3.8, 4) is 11.5 Å². The Kier molecular flexibility index (Phi) is 5.43. The van der Waals surface area contributed by atoms with E-state index in [0.717, 1.165) is 16.9 Å². The number of ether oxygens (including phenoxy) is 1. The maximum atomic E-state index is 13.0. The van der Waals surface area contributed by atoms with Gasteiger partial charge in [-0.3, -0.25) is 14.5 Å². The van der Waals surface area contributed by atoms with Gasteiger partial charge in [-0.25, -0.2) is 0 Å². The van der Waals surface area contributed by atoms with E-state index in [-0.39, 0.29) is 28.0 Å². The maximum absolute atomic E-state index is 13.0. The van der Waals surface area contributed by atoms with E-state index in [2.05, 4.69) is 10.2 Å². The van der Waals surface area contributed by atoms with Crippen molar-refractivity contribution >= 4 is 33.9 Å². The molecule has 1 fully saturated rings. The third kappa shape index (κ3) is 3.64. The lowest BCUT2D eigenvalue weighted by Crippen LogP contribution is -2.29. The molecule has 0 aliphatic carbocycles. The average molecular weight is 437 g/mol. The molecule has 1 aromatic heterocycles. The Bertz CT molecular complexity index is 1170. The minimum Gasteiger partial charge on any atom is -0.507 e. The quantitative estimate of drug-likeness (QED) is 0.356. The van der Waals surface area contributed by atoms with Gasteiger partial charge >= 0.3 is 5.91 Å². The average Bonchev–Trinajstić information content (AvgIpc) is 3.37. The number of aliphatic hydroxyl groups excluding tert-OH is 1. The Morgan fingerprint density at radius 2 is 1.94 bits per heavy atom. The molecule has 9 heteroatoms. The molecule has 2 aromatic carbocycles. The van der Waals surface area contributed by atoms with E-state index < -0.39 is 17.7 Å². The van der Waals surface area contributed by atoms with Gasteiger partial charge in [-0.05, 0) is 31.5 Å². The molecule has 1 atom stereocenters. The Morgan fingerprint density at radius 1 is 1.19 bits per heavy atom. The minimum absolute atomic E-state index is 0.0720. The summed E-state index contributed by atoms with van der Waals surface area (Å²) in [6.07, 6.45) is 0. The molecule has 158 valence electrons. The molecule has 1 saturated heterocycles. The van der Waals surface area contributed by atoms with Crippen molar-refractivity contribution < 1.29 is 24.5 Å². The molecule has 8 nitrogen and oxygen atoms in total. The molecular formula is C22H19N3O5S. The number of aryl methyl sites for hydroxylation is 1. The van der Waals surface area contributed by atoms with Crippen LogP contribution in [0.3, 0.4) is 0 Å². The lowest BCUT2D eigenvalue weighted by Gasteiger charge is -2.23. The first-order valence-corrected chi connectivity index (χ1v) is 10.4. The summed E-state index contributed by atoms with van der Waals surface area (Å²) in [4.78, 5) is 27.2. The number of aromatic nitrogens is 2. The van der Waals surface area contributed by atoms with Gasteiger partial charge in [0.05, 0.1) is 18.2 Å². The van der Waals surface area contributed by atoms with Crippen molar-refractivity contribution in [2.24, 2.45) is 0 Å². The van der Waals surface area contributed by atoms with Gasteiger partial charge < -0.3 is 14.9 Å². The summed E-state index contributed by atoms with van der Waals surface area (Å²) in [5.41, 5.74) is 3.26. The molecule has 1 aliphatic rings. The summed E-state index contributed by atoms with van der Waals surface area (Å²) in [7, 11) is 0. The number of aromatic hydroxyl groups is 1. The molecule has 4 rings (SSSR count). The van der Waals surface area contributed by atoms with E-state index in [1.54, 1.807) is 43.3 Å². The monoisotopic (exact) mass is 437 g/mol. The number of rotatable bonds is 5. The van der Waals surface area contributed by atoms with E-state index in [0.29, 0.717) is 17.7 Å². The summed E-state index contributed by atoms with van der Waals surface area (Å²) in [6.45, 7) is 4.00. The van der Waals surface area contributed by atoms with Crippen molar-refractivity contribution in [2.75, 3.05) is 11.5 Å². The zero-order valence-electron chi connectivity index (χ0n) is 16.8. The minimum atomic E-state index is -0.964. The smallest absolute Gasteiger partial charge is 0.301 e. The molecule has 2 N–H and O–H groups in total. The molecule has 31 heavy (non-hydrogen) atoms. The SMILES string of the molecule is CCOc1cc([C@@H]2C(=C(O)c3ccc(C)cc3)C(=O)C(=O)N2c2nncs2)ccc1O. The van der Waals surface area contributed by atoms with E-state index in [1.807, 2.05) is 6.92 Å². The first kappa shape index (κ1) is 20.5. The Labute approximate surface area is 182 Å². The van der Waals surface area contributed by atoms with E-state index in [1.165, 1.54) is 16.5 Å².